The number of hydrogen-bond acceptors (Lipinski definition) is 7. The highest BCUT2D eigenvalue weighted by atomic mass is 32.1. The number of anilines is 1. The molecule has 0 bridgehead atoms. The molecule has 1 atom stereocenters. The summed E-state index contributed by atoms with van der Waals surface area (Å²) in [5.74, 6) is -0.310. The molecule has 0 fully saturated rings. The van der Waals surface area contributed by atoms with Crippen LogP contribution in [-0.2, 0) is 23.8 Å². The minimum atomic E-state index is -4.76. The molecule has 0 aliphatic heterocycles. The summed E-state index contributed by atoms with van der Waals surface area (Å²) in [6.45, 7) is 3.98. The maximum Gasteiger partial charge on any atom is 0.433 e. The van der Waals surface area contributed by atoms with Gasteiger partial charge in [-0.05, 0) is 68.0 Å². The van der Waals surface area contributed by atoms with Crippen LogP contribution in [0.4, 0.5) is 18.2 Å². The molecule has 39 heavy (non-hydrogen) atoms. The van der Waals surface area contributed by atoms with Crippen LogP contribution in [-0.4, -0.2) is 40.2 Å². The molecule has 204 valence electrons. The Hall–Kier alpha value is -3.93. The highest BCUT2D eigenvalue weighted by Crippen LogP contribution is 2.40. The van der Waals surface area contributed by atoms with Gasteiger partial charge < -0.3 is 14.8 Å². The van der Waals surface area contributed by atoms with E-state index in [0.717, 1.165) is 35.5 Å². The van der Waals surface area contributed by atoms with Crippen molar-refractivity contribution in [1.82, 2.24) is 14.6 Å². The Bertz CT molecular complexity index is 1560. The predicted octanol–water partition coefficient (Wildman–Crippen LogP) is 6.04. The molecule has 1 N–H and O–H groups in total. The van der Waals surface area contributed by atoms with Gasteiger partial charge in [-0.15, -0.1) is 11.3 Å². The number of fused-ring (bicyclic) bond motifs is 2. The van der Waals surface area contributed by atoms with Crippen molar-refractivity contribution in [2.24, 2.45) is 5.92 Å². The minimum absolute atomic E-state index is 0.0137. The molecule has 0 unspecified atom stereocenters. The average molecular weight is 559 g/mol. The van der Waals surface area contributed by atoms with Crippen LogP contribution >= 0.6 is 11.3 Å². The minimum Gasteiger partial charge on any atom is -0.497 e. The summed E-state index contributed by atoms with van der Waals surface area (Å²) in [5.41, 5.74) is 0.0691. The first-order chi connectivity index (χ1) is 18.6. The number of nitrogens with zero attached hydrogens (tertiary/aromatic N) is 3. The molecule has 1 aliphatic carbocycles. The fourth-order valence-corrected chi connectivity index (χ4v) is 6.06. The van der Waals surface area contributed by atoms with Crippen molar-refractivity contribution < 1.29 is 32.2 Å². The van der Waals surface area contributed by atoms with E-state index in [9.17, 15) is 22.8 Å². The highest BCUT2D eigenvalue weighted by Gasteiger charge is 2.36. The lowest BCUT2D eigenvalue weighted by Crippen LogP contribution is -2.17. The third-order valence-corrected chi connectivity index (χ3v) is 7.78. The molecule has 0 spiro atoms. The molecule has 1 amide bonds. The van der Waals surface area contributed by atoms with Gasteiger partial charge in [-0.25, -0.2) is 14.3 Å². The molecule has 8 nitrogen and oxygen atoms in total. The SMILES string of the molecule is CCOC(=O)c1c(NC(=O)c2cnn3c(C(F)(F)F)cc(-c4ccc(OC)cc4)nc23)sc2c1CC[C@@H](C)C2. The Morgan fingerprint density at radius 3 is 2.64 bits per heavy atom. The van der Waals surface area contributed by atoms with Crippen molar-refractivity contribution in [1.29, 1.82) is 0 Å². The van der Waals surface area contributed by atoms with Gasteiger partial charge in [-0.3, -0.25) is 4.79 Å². The lowest BCUT2D eigenvalue weighted by Gasteiger charge is -2.18. The van der Waals surface area contributed by atoms with Gasteiger partial charge in [0.05, 0.1) is 31.2 Å². The average Bonchev–Trinajstić information content (AvgIpc) is 3.48. The summed E-state index contributed by atoms with van der Waals surface area (Å²) in [4.78, 5) is 31.6. The number of ether oxygens (including phenoxy) is 2. The lowest BCUT2D eigenvalue weighted by atomic mass is 9.88. The van der Waals surface area contributed by atoms with E-state index in [1.165, 1.54) is 18.4 Å². The van der Waals surface area contributed by atoms with Crippen LogP contribution in [0.15, 0.2) is 36.5 Å². The van der Waals surface area contributed by atoms with E-state index >= 15 is 0 Å². The molecule has 5 rings (SSSR count). The molecular formula is C27H25F3N4O4S. The molecule has 0 saturated carbocycles. The van der Waals surface area contributed by atoms with Crippen LogP contribution in [0, 0.1) is 5.92 Å². The van der Waals surface area contributed by atoms with E-state index in [1.54, 1.807) is 31.2 Å². The monoisotopic (exact) mass is 558 g/mol. The number of alkyl halides is 3. The smallest absolute Gasteiger partial charge is 0.433 e. The molecule has 3 aromatic heterocycles. The van der Waals surface area contributed by atoms with Crippen LogP contribution < -0.4 is 10.1 Å². The Kier molecular flexibility index (Phi) is 7.06. The first-order valence-corrected chi connectivity index (χ1v) is 13.2. The Balaban J connectivity index is 1.58. The molecular weight excluding hydrogens is 533 g/mol. The molecule has 1 aliphatic rings. The van der Waals surface area contributed by atoms with Crippen molar-refractivity contribution >= 4 is 33.9 Å². The van der Waals surface area contributed by atoms with Crippen LogP contribution in [0.1, 0.15) is 57.1 Å². The number of aromatic nitrogens is 3. The molecule has 3 heterocycles. The summed E-state index contributed by atoms with van der Waals surface area (Å²) >= 11 is 1.29. The van der Waals surface area contributed by atoms with Crippen molar-refractivity contribution in [2.75, 3.05) is 19.0 Å². The van der Waals surface area contributed by atoms with Gasteiger partial charge in [0.2, 0.25) is 0 Å². The normalized spacial score (nSPS) is 15.2. The maximum atomic E-state index is 14.0. The lowest BCUT2D eigenvalue weighted by molar-refractivity contribution is -0.142. The van der Waals surface area contributed by atoms with Gasteiger partial charge >= 0.3 is 12.1 Å². The van der Waals surface area contributed by atoms with Crippen LogP contribution in [0.3, 0.4) is 0 Å². The number of benzene rings is 1. The van der Waals surface area contributed by atoms with E-state index in [-0.39, 0.29) is 23.5 Å². The summed E-state index contributed by atoms with van der Waals surface area (Å²) in [7, 11) is 1.48. The molecule has 0 saturated heterocycles. The number of thiophene rings is 1. The highest BCUT2D eigenvalue weighted by molar-refractivity contribution is 7.17. The largest absolute Gasteiger partial charge is 0.497 e. The van der Waals surface area contributed by atoms with E-state index in [0.29, 0.717) is 38.7 Å². The van der Waals surface area contributed by atoms with Crippen LogP contribution in [0.5, 0.6) is 5.75 Å². The second kappa shape index (κ2) is 10.3. The predicted molar refractivity (Wildman–Crippen MR) is 139 cm³/mol. The number of amides is 1. The number of halogens is 3. The summed E-state index contributed by atoms with van der Waals surface area (Å²) < 4.78 is 53.0. The number of hydrogen-bond donors (Lipinski definition) is 1. The Morgan fingerprint density at radius 2 is 1.97 bits per heavy atom. The number of carbonyl (C=O) groups excluding carboxylic acids is 2. The van der Waals surface area contributed by atoms with Gasteiger partial charge in [-0.1, -0.05) is 6.92 Å². The van der Waals surface area contributed by atoms with Crippen molar-refractivity contribution in [3.05, 3.63) is 63.8 Å². The zero-order valence-corrected chi connectivity index (χ0v) is 22.2. The summed E-state index contributed by atoms with van der Waals surface area (Å²) in [6, 6.07) is 7.26. The Labute approximate surface area is 225 Å². The molecule has 1 aromatic carbocycles. The first-order valence-electron chi connectivity index (χ1n) is 12.3. The zero-order chi connectivity index (χ0) is 27.9. The topological polar surface area (TPSA) is 94.8 Å². The van der Waals surface area contributed by atoms with Crippen LogP contribution in [0.25, 0.3) is 16.9 Å². The van der Waals surface area contributed by atoms with Crippen molar-refractivity contribution in [3.8, 4) is 17.0 Å². The van der Waals surface area contributed by atoms with Gasteiger partial charge in [0.1, 0.15) is 16.3 Å². The van der Waals surface area contributed by atoms with E-state index in [1.807, 2.05) is 0 Å². The Morgan fingerprint density at radius 1 is 1.23 bits per heavy atom. The van der Waals surface area contributed by atoms with Gasteiger partial charge in [0, 0.05) is 10.4 Å². The molecule has 4 aromatic rings. The summed E-state index contributed by atoms with van der Waals surface area (Å²) in [5, 5.41) is 6.88. The van der Waals surface area contributed by atoms with Crippen molar-refractivity contribution in [3.63, 3.8) is 0 Å². The standard InChI is InChI=1S/C27H25F3N4O4S/c1-4-38-26(36)22-17-10-5-14(2)11-20(17)39-25(22)33-24(35)18-13-31-34-21(27(28,29)30)12-19(32-23(18)34)15-6-8-16(37-3)9-7-15/h6-9,12-14H,4-5,10-11H2,1-3H3,(H,33,35)/t14-/m1/s1. The quantitative estimate of drug-likeness (QED) is 0.290. The van der Waals surface area contributed by atoms with Gasteiger partial charge in [0.15, 0.2) is 11.3 Å². The van der Waals surface area contributed by atoms with E-state index < -0.39 is 23.7 Å². The number of methoxy groups -OCH3 is 1. The van der Waals surface area contributed by atoms with Gasteiger partial charge in [0.25, 0.3) is 5.91 Å². The second-order valence-electron chi connectivity index (χ2n) is 9.28. The fourth-order valence-electron chi connectivity index (χ4n) is 4.66. The van der Waals surface area contributed by atoms with E-state index in [2.05, 4.69) is 22.3 Å². The number of rotatable bonds is 6. The van der Waals surface area contributed by atoms with Crippen LogP contribution in [0.2, 0.25) is 0 Å². The molecule has 12 heteroatoms. The summed E-state index contributed by atoms with van der Waals surface area (Å²) in [6.07, 6.45) is -1.38. The van der Waals surface area contributed by atoms with Gasteiger partial charge in [-0.2, -0.15) is 18.3 Å². The zero-order valence-electron chi connectivity index (χ0n) is 21.4. The third-order valence-electron chi connectivity index (χ3n) is 6.61. The van der Waals surface area contributed by atoms with Crippen molar-refractivity contribution in [2.45, 2.75) is 39.3 Å². The second-order valence-corrected chi connectivity index (χ2v) is 10.4. The molecule has 0 radical (unpaired) electrons. The first kappa shape index (κ1) is 26.7. The maximum absolute atomic E-state index is 14.0. The third kappa shape index (κ3) is 5.08. The van der Waals surface area contributed by atoms with E-state index in [4.69, 9.17) is 9.47 Å². The fraction of sp³-hybridized carbons (Fsp3) is 0.333. The number of esters is 1. The number of nitrogens with one attached hydrogen (secondary N) is 1. The number of carbonyl (C=O) groups is 2.